The number of phenols is 2. The maximum Gasteiger partial charge on any atom is 0.196 e. The SMILES string of the molecule is O=C1c2cccc(Sc3ccc(O)cc3)c2C(=O)c2c(Sc3ccc(O)cc3)cccc21. The number of rotatable bonds is 4. The van der Waals surface area contributed by atoms with Crippen molar-refractivity contribution in [3.05, 3.63) is 107 Å². The van der Waals surface area contributed by atoms with Crippen LogP contribution in [0.5, 0.6) is 11.5 Å². The van der Waals surface area contributed by atoms with Crippen molar-refractivity contribution in [1.29, 1.82) is 0 Å². The summed E-state index contributed by atoms with van der Waals surface area (Å²) in [4.78, 5) is 30.1. The second kappa shape index (κ2) is 8.22. The average Bonchev–Trinajstić information content (AvgIpc) is 2.80. The van der Waals surface area contributed by atoms with Crippen LogP contribution >= 0.6 is 23.5 Å². The first-order valence-corrected chi connectivity index (χ1v) is 11.4. The third-order valence-electron chi connectivity index (χ3n) is 5.12. The van der Waals surface area contributed by atoms with Gasteiger partial charge >= 0.3 is 0 Å². The summed E-state index contributed by atoms with van der Waals surface area (Å²) in [5, 5.41) is 19.1. The molecule has 0 unspecified atom stereocenters. The molecule has 0 saturated carbocycles. The van der Waals surface area contributed by atoms with Crippen LogP contribution in [0.25, 0.3) is 0 Å². The standard InChI is InChI=1S/C26H16O4S2/c27-15-7-11-17(12-8-15)31-21-5-1-3-19-23(21)26(30)24-20(25(19)29)4-2-6-22(24)32-18-13-9-16(28)10-14-18/h1-14,27-28H. The second-order valence-corrected chi connectivity index (χ2v) is 9.44. The van der Waals surface area contributed by atoms with Crippen molar-refractivity contribution in [3.8, 4) is 11.5 Å². The number of phenolic OH excluding ortho intramolecular Hbond substituents is 2. The molecule has 5 rings (SSSR count). The smallest absolute Gasteiger partial charge is 0.196 e. The van der Waals surface area contributed by atoms with Gasteiger partial charge in [-0.15, -0.1) is 0 Å². The minimum atomic E-state index is -0.182. The highest BCUT2D eigenvalue weighted by atomic mass is 32.2. The summed E-state index contributed by atoms with van der Waals surface area (Å²) >= 11 is 2.77. The van der Waals surface area contributed by atoms with Crippen molar-refractivity contribution in [3.63, 3.8) is 0 Å². The van der Waals surface area contributed by atoms with Crippen LogP contribution in [0.15, 0.2) is 105 Å². The molecule has 0 aromatic heterocycles. The van der Waals surface area contributed by atoms with Gasteiger partial charge in [0.1, 0.15) is 11.5 Å². The van der Waals surface area contributed by atoms with Gasteiger partial charge in [-0.3, -0.25) is 9.59 Å². The van der Waals surface area contributed by atoms with E-state index < -0.39 is 0 Å². The number of hydrogen-bond acceptors (Lipinski definition) is 6. The molecular formula is C26H16O4S2. The fourth-order valence-electron chi connectivity index (χ4n) is 3.63. The minimum absolute atomic E-state index is 0.167. The molecule has 6 heteroatoms. The number of benzene rings is 4. The van der Waals surface area contributed by atoms with E-state index in [2.05, 4.69) is 0 Å². The molecule has 1 aliphatic carbocycles. The highest BCUT2D eigenvalue weighted by Gasteiger charge is 2.33. The van der Waals surface area contributed by atoms with Crippen LogP contribution in [-0.2, 0) is 0 Å². The van der Waals surface area contributed by atoms with Crippen molar-refractivity contribution < 1.29 is 19.8 Å². The van der Waals surface area contributed by atoms with Crippen LogP contribution in [0.3, 0.4) is 0 Å². The fraction of sp³-hybridized carbons (Fsp3) is 0. The fourth-order valence-corrected chi connectivity index (χ4v) is 5.59. The van der Waals surface area contributed by atoms with Crippen molar-refractivity contribution in [1.82, 2.24) is 0 Å². The molecule has 0 atom stereocenters. The van der Waals surface area contributed by atoms with Crippen molar-refractivity contribution >= 4 is 35.1 Å². The summed E-state index contributed by atoms with van der Waals surface area (Å²) in [6.07, 6.45) is 0. The minimum Gasteiger partial charge on any atom is -0.508 e. The van der Waals surface area contributed by atoms with E-state index in [0.29, 0.717) is 32.0 Å². The third kappa shape index (κ3) is 3.68. The summed E-state index contributed by atoms with van der Waals surface area (Å²) in [7, 11) is 0. The Labute approximate surface area is 192 Å². The monoisotopic (exact) mass is 456 g/mol. The molecule has 0 spiro atoms. The Kier molecular flexibility index (Phi) is 5.25. The first-order chi connectivity index (χ1) is 15.5. The Morgan fingerprint density at radius 3 is 1.31 bits per heavy atom. The van der Waals surface area contributed by atoms with Gasteiger partial charge in [0.25, 0.3) is 0 Å². The van der Waals surface area contributed by atoms with Crippen LogP contribution in [0.4, 0.5) is 0 Å². The predicted octanol–water partition coefficient (Wildman–Crippen LogP) is 6.18. The van der Waals surface area contributed by atoms with Crippen LogP contribution in [-0.4, -0.2) is 21.8 Å². The normalized spacial score (nSPS) is 12.4. The molecule has 1 aliphatic rings. The number of ketones is 2. The molecule has 32 heavy (non-hydrogen) atoms. The molecule has 0 fully saturated rings. The summed E-state index contributed by atoms with van der Waals surface area (Å²) in [5.74, 6) is -0.0182. The highest BCUT2D eigenvalue weighted by molar-refractivity contribution is 7.99. The highest BCUT2D eigenvalue weighted by Crippen LogP contribution is 2.41. The number of fused-ring (bicyclic) bond motifs is 2. The molecule has 156 valence electrons. The quantitative estimate of drug-likeness (QED) is 0.337. The predicted molar refractivity (Wildman–Crippen MR) is 124 cm³/mol. The summed E-state index contributed by atoms with van der Waals surface area (Å²) in [6.45, 7) is 0. The molecule has 0 amide bonds. The zero-order valence-electron chi connectivity index (χ0n) is 16.6. The van der Waals surface area contributed by atoms with E-state index in [-0.39, 0.29) is 23.1 Å². The molecule has 0 saturated heterocycles. The van der Waals surface area contributed by atoms with Crippen molar-refractivity contribution in [2.45, 2.75) is 19.6 Å². The topological polar surface area (TPSA) is 74.6 Å². The maximum atomic E-state index is 13.7. The Morgan fingerprint density at radius 1 is 0.500 bits per heavy atom. The number of aromatic hydroxyl groups is 2. The van der Waals surface area contributed by atoms with Gasteiger partial charge in [-0.25, -0.2) is 0 Å². The van der Waals surface area contributed by atoms with Gasteiger partial charge in [0.15, 0.2) is 11.6 Å². The van der Waals surface area contributed by atoms with E-state index in [0.717, 1.165) is 9.79 Å². The van der Waals surface area contributed by atoms with E-state index >= 15 is 0 Å². The van der Waals surface area contributed by atoms with Gasteiger partial charge < -0.3 is 10.2 Å². The molecule has 0 bridgehead atoms. The van der Waals surface area contributed by atoms with Crippen LogP contribution < -0.4 is 0 Å². The van der Waals surface area contributed by atoms with Gasteiger partial charge in [0.2, 0.25) is 0 Å². The Bertz CT molecular complexity index is 1260. The van der Waals surface area contributed by atoms with Crippen molar-refractivity contribution in [2.24, 2.45) is 0 Å². The lowest BCUT2D eigenvalue weighted by molar-refractivity contribution is 0.0974. The zero-order valence-corrected chi connectivity index (χ0v) is 18.2. The largest absolute Gasteiger partial charge is 0.508 e. The number of hydrogen-bond donors (Lipinski definition) is 2. The van der Waals surface area contributed by atoms with E-state index in [1.807, 2.05) is 12.1 Å². The zero-order chi connectivity index (χ0) is 22.2. The van der Waals surface area contributed by atoms with Gasteiger partial charge in [-0.1, -0.05) is 47.8 Å². The summed E-state index contributed by atoms with van der Waals surface area (Å²) in [6, 6.07) is 24.1. The van der Waals surface area contributed by atoms with Crippen LogP contribution in [0.1, 0.15) is 31.8 Å². The van der Waals surface area contributed by atoms with E-state index in [9.17, 15) is 19.8 Å². The molecule has 4 aromatic rings. The maximum absolute atomic E-state index is 13.7. The van der Waals surface area contributed by atoms with E-state index in [1.54, 1.807) is 72.8 Å². The molecular weight excluding hydrogens is 440 g/mol. The molecule has 2 N–H and O–H groups in total. The Morgan fingerprint density at radius 2 is 0.906 bits per heavy atom. The summed E-state index contributed by atoms with van der Waals surface area (Å²) in [5.41, 5.74) is 1.61. The van der Waals surface area contributed by atoms with Gasteiger partial charge in [0.05, 0.1) is 0 Å². The lowest BCUT2D eigenvalue weighted by Gasteiger charge is -2.22. The summed E-state index contributed by atoms with van der Waals surface area (Å²) < 4.78 is 0. The molecule has 0 radical (unpaired) electrons. The first kappa shape index (κ1) is 20.4. The second-order valence-electron chi connectivity index (χ2n) is 7.21. The molecule has 0 aliphatic heterocycles. The lowest BCUT2D eigenvalue weighted by atomic mass is 9.84. The average molecular weight is 457 g/mol. The number of carbonyl (C=O) groups is 2. The van der Waals surface area contributed by atoms with Crippen LogP contribution in [0.2, 0.25) is 0 Å². The van der Waals surface area contributed by atoms with Gasteiger partial charge in [-0.05, 0) is 60.7 Å². The van der Waals surface area contributed by atoms with Gasteiger partial charge in [-0.2, -0.15) is 0 Å². The van der Waals surface area contributed by atoms with Crippen LogP contribution in [0, 0.1) is 0 Å². The lowest BCUT2D eigenvalue weighted by Crippen LogP contribution is -2.22. The van der Waals surface area contributed by atoms with Crippen molar-refractivity contribution in [2.75, 3.05) is 0 Å². The number of carbonyl (C=O) groups excluding carboxylic acids is 2. The molecule has 4 nitrogen and oxygen atoms in total. The van der Waals surface area contributed by atoms with E-state index in [4.69, 9.17) is 0 Å². The Balaban J connectivity index is 1.59. The van der Waals surface area contributed by atoms with E-state index in [1.165, 1.54) is 23.5 Å². The van der Waals surface area contributed by atoms with Gasteiger partial charge in [0, 0.05) is 41.8 Å². The first-order valence-electron chi connectivity index (χ1n) is 9.80. The third-order valence-corrected chi connectivity index (χ3v) is 7.26. The molecule has 0 heterocycles. The Hall–Kier alpha value is -3.48. The molecule has 4 aromatic carbocycles.